The van der Waals surface area contributed by atoms with Gasteiger partial charge in [0.2, 0.25) is 5.88 Å². The highest BCUT2D eigenvalue weighted by atomic mass is 35.5. The Morgan fingerprint density at radius 2 is 1.93 bits per heavy atom. The van der Waals surface area contributed by atoms with Crippen LogP contribution in [0.3, 0.4) is 0 Å². The zero-order chi connectivity index (χ0) is 19.0. The topological polar surface area (TPSA) is 59.8 Å². The Morgan fingerprint density at radius 3 is 2.59 bits per heavy atom. The Labute approximate surface area is 161 Å². The maximum Gasteiger partial charge on any atom is 0.217 e. The van der Waals surface area contributed by atoms with Crippen molar-refractivity contribution in [1.29, 1.82) is 0 Å². The molecule has 0 atom stereocenters. The summed E-state index contributed by atoms with van der Waals surface area (Å²) in [4.78, 5) is 4.50. The molecule has 0 saturated heterocycles. The molecule has 2 aromatic carbocycles. The predicted molar refractivity (Wildman–Crippen MR) is 105 cm³/mol. The second-order valence-corrected chi connectivity index (χ2v) is 6.69. The van der Waals surface area contributed by atoms with Crippen molar-refractivity contribution < 1.29 is 9.84 Å². The molecule has 27 heavy (non-hydrogen) atoms. The molecule has 2 aromatic heterocycles. The standard InChI is InChI=1S/C21H17ClN3O2/c1-13-16(12-14-4-6-15(7-5-14)25-11-3-10-23-25)21(27-2)24-20-17(22)8-9-18(26)19(13)20/h3-11H,12H2,1-2H3. The summed E-state index contributed by atoms with van der Waals surface area (Å²) in [5.74, 6) is 0.404. The van der Waals surface area contributed by atoms with E-state index in [-0.39, 0.29) is 5.75 Å². The summed E-state index contributed by atoms with van der Waals surface area (Å²) in [6, 6.07) is 13.0. The number of fused-ring (bicyclic) bond motifs is 1. The van der Waals surface area contributed by atoms with E-state index in [9.17, 15) is 5.11 Å². The lowest BCUT2D eigenvalue weighted by atomic mass is 9.97. The van der Waals surface area contributed by atoms with Crippen LogP contribution in [0.1, 0.15) is 16.7 Å². The number of rotatable bonds is 4. The summed E-state index contributed by atoms with van der Waals surface area (Å²) in [5, 5.41) is 17.6. The lowest BCUT2D eigenvalue weighted by molar-refractivity contribution is 0.359. The van der Waals surface area contributed by atoms with Crippen LogP contribution in [-0.2, 0) is 11.5 Å². The summed E-state index contributed by atoms with van der Waals surface area (Å²) in [6.07, 6.45) is 4.24. The molecule has 0 aliphatic heterocycles. The molecule has 2 heterocycles. The van der Waals surface area contributed by atoms with Gasteiger partial charge in [-0.3, -0.25) is 5.11 Å². The van der Waals surface area contributed by atoms with E-state index in [1.165, 1.54) is 6.07 Å². The lowest BCUT2D eigenvalue weighted by Gasteiger charge is -2.15. The van der Waals surface area contributed by atoms with Gasteiger partial charge in [-0.1, -0.05) is 23.7 Å². The fraction of sp³-hybridized carbons (Fsp3) is 0.143. The third-order valence-corrected chi connectivity index (χ3v) is 4.97. The molecule has 1 radical (unpaired) electrons. The van der Waals surface area contributed by atoms with Crippen LogP contribution < -0.4 is 4.74 Å². The SMILES string of the molecule is COc1nc2c(Cl)ccc([O])c2c(C)c1Cc1ccc(-n2cccn2)cc1. The maximum absolute atomic E-state index is 12.4. The second kappa shape index (κ2) is 6.93. The molecule has 0 saturated carbocycles. The van der Waals surface area contributed by atoms with Gasteiger partial charge < -0.3 is 4.74 Å². The van der Waals surface area contributed by atoms with E-state index in [1.807, 2.05) is 43.5 Å². The van der Waals surface area contributed by atoms with Gasteiger partial charge in [0.15, 0.2) is 5.75 Å². The summed E-state index contributed by atoms with van der Waals surface area (Å²) in [6.45, 7) is 1.91. The molecule has 0 N–H and O–H groups in total. The minimum Gasteiger partial charge on any atom is -0.481 e. The van der Waals surface area contributed by atoms with Gasteiger partial charge >= 0.3 is 0 Å². The number of hydrogen-bond acceptors (Lipinski definition) is 3. The van der Waals surface area contributed by atoms with Crippen LogP contribution in [0, 0.1) is 6.92 Å². The zero-order valence-electron chi connectivity index (χ0n) is 14.9. The van der Waals surface area contributed by atoms with Crippen molar-refractivity contribution in [3.05, 3.63) is 76.6 Å². The molecule has 0 aliphatic rings. The Balaban J connectivity index is 1.77. The van der Waals surface area contributed by atoms with Gasteiger partial charge in [0.25, 0.3) is 0 Å². The van der Waals surface area contributed by atoms with Gasteiger partial charge in [0, 0.05) is 24.4 Å². The van der Waals surface area contributed by atoms with Crippen molar-refractivity contribution in [1.82, 2.24) is 14.8 Å². The molecular formula is C21H17ClN3O2. The monoisotopic (exact) mass is 378 g/mol. The van der Waals surface area contributed by atoms with Gasteiger partial charge in [0.1, 0.15) is 0 Å². The largest absolute Gasteiger partial charge is 0.481 e. The number of aryl methyl sites for hydroxylation is 1. The highest BCUT2D eigenvalue weighted by molar-refractivity contribution is 6.35. The van der Waals surface area contributed by atoms with E-state index in [2.05, 4.69) is 10.1 Å². The molecule has 0 unspecified atom stereocenters. The van der Waals surface area contributed by atoms with Crippen molar-refractivity contribution in [3.8, 4) is 17.3 Å². The number of methoxy groups -OCH3 is 1. The molecule has 5 nitrogen and oxygen atoms in total. The number of ether oxygens (including phenoxy) is 1. The molecule has 4 rings (SSSR count). The first-order valence-electron chi connectivity index (χ1n) is 8.50. The molecule has 0 spiro atoms. The van der Waals surface area contributed by atoms with Crippen LogP contribution in [0.2, 0.25) is 5.02 Å². The van der Waals surface area contributed by atoms with Crippen LogP contribution >= 0.6 is 11.6 Å². The van der Waals surface area contributed by atoms with E-state index < -0.39 is 0 Å². The number of halogens is 1. The van der Waals surface area contributed by atoms with Crippen molar-refractivity contribution in [2.24, 2.45) is 0 Å². The second-order valence-electron chi connectivity index (χ2n) is 6.29. The van der Waals surface area contributed by atoms with Crippen molar-refractivity contribution in [2.75, 3.05) is 7.11 Å². The van der Waals surface area contributed by atoms with Gasteiger partial charge in [-0.2, -0.15) is 5.10 Å². The highest BCUT2D eigenvalue weighted by Crippen LogP contribution is 2.37. The number of benzene rings is 2. The average Bonchev–Trinajstić information content (AvgIpc) is 3.21. The molecule has 4 aromatic rings. The minimum absolute atomic E-state index is 0.0858. The first-order valence-corrected chi connectivity index (χ1v) is 8.88. The van der Waals surface area contributed by atoms with E-state index in [0.717, 1.165) is 22.4 Å². The third-order valence-electron chi connectivity index (χ3n) is 4.67. The Bertz CT molecular complexity index is 1110. The summed E-state index contributed by atoms with van der Waals surface area (Å²) in [7, 11) is 1.58. The minimum atomic E-state index is -0.0858. The van der Waals surface area contributed by atoms with Crippen LogP contribution in [0.4, 0.5) is 0 Å². The number of aromatic nitrogens is 3. The van der Waals surface area contributed by atoms with Crippen LogP contribution in [0.15, 0.2) is 54.9 Å². The smallest absolute Gasteiger partial charge is 0.217 e. The quantitative estimate of drug-likeness (QED) is 0.494. The van der Waals surface area contributed by atoms with E-state index >= 15 is 0 Å². The molecule has 6 heteroatoms. The fourth-order valence-electron chi connectivity index (χ4n) is 3.27. The summed E-state index contributed by atoms with van der Waals surface area (Å²) in [5.41, 5.74) is 4.29. The summed E-state index contributed by atoms with van der Waals surface area (Å²) >= 11 is 6.24. The molecule has 0 amide bonds. The molecule has 135 valence electrons. The molecular weight excluding hydrogens is 362 g/mol. The van der Waals surface area contributed by atoms with Crippen LogP contribution in [0.25, 0.3) is 16.6 Å². The van der Waals surface area contributed by atoms with Gasteiger partial charge in [-0.05, 0) is 48.4 Å². The number of hydrogen-bond donors (Lipinski definition) is 0. The zero-order valence-corrected chi connectivity index (χ0v) is 15.7. The average molecular weight is 379 g/mol. The van der Waals surface area contributed by atoms with Crippen LogP contribution in [-0.4, -0.2) is 21.9 Å². The first kappa shape index (κ1) is 17.4. The Morgan fingerprint density at radius 1 is 1.15 bits per heavy atom. The predicted octanol–water partition coefficient (Wildman–Crippen LogP) is 5.13. The van der Waals surface area contributed by atoms with E-state index in [0.29, 0.717) is 28.2 Å². The first-order chi connectivity index (χ1) is 13.1. The van der Waals surface area contributed by atoms with Crippen molar-refractivity contribution >= 4 is 22.5 Å². The highest BCUT2D eigenvalue weighted by Gasteiger charge is 2.18. The number of nitrogens with zero attached hydrogens (tertiary/aromatic N) is 3. The molecule has 0 bridgehead atoms. The van der Waals surface area contributed by atoms with Crippen LogP contribution in [0.5, 0.6) is 11.6 Å². The van der Waals surface area contributed by atoms with Crippen molar-refractivity contribution in [3.63, 3.8) is 0 Å². The lowest BCUT2D eigenvalue weighted by Crippen LogP contribution is -2.02. The Hall–Kier alpha value is -3.05. The van der Waals surface area contributed by atoms with Crippen molar-refractivity contribution in [2.45, 2.75) is 13.3 Å². The van der Waals surface area contributed by atoms with Gasteiger partial charge in [-0.25, -0.2) is 9.67 Å². The van der Waals surface area contributed by atoms with Gasteiger partial charge in [-0.15, -0.1) is 0 Å². The van der Waals surface area contributed by atoms with Gasteiger partial charge in [0.05, 0.1) is 28.7 Å². The third kappa shape index (κ3) is 3.11. The molecule has 0 aliphatic carbocycles. The fourth-order valence-corrected chi connectivity index (χ4v) is 3.47. The summed E-state index contributed by atoms with van der Waals surface area (Å²) < 4.78 is 7.30. The number of pyridine rings is 1. The molecule has 0 fully saturated rings. The Kier molecular flexibility index (Phi) is 4.46. The van der Waals surface area contributed by atoms with E-state index in [4.69, 9.17) is 16.3 Å². The normalized spacial score (nSPS) is 11.1. The maximum atomic E-state index is 12.4. The van der Waals surface area contributed by atoms with E-state index in [1.54, 1.807) is 24.1 Å².